The van der Waals surface area contributed by atoms with Crippen molar-refractivity contribution in [1.29, 1.82) is 0 Å². The molecule has 1 aliphatic heterocycles. The lowest BCUT2D eigenvalue weighted by Gasteiger charge is -2.28. The van der Waals surface area contributed by atoms with Gasteiger partial charge in [-0.15, -0.1) is 11.3 Å². The number of benzene rings is 2. The van der Waals surface area contributed by atoms with E-state index >= 15 is 0 Å². The summed E-state index contributed by atoms with van der Waals surface area (Å²) in [6, 6.07) is 13.4. The number of carbonyl (C=O) groups is 2. The van der Waals surface area contributed by atoms with Crippen LogP contribution in [0, 0.1) is 20.8 Å². The highest BCUT2D eigenvalue weighted by atomic mass is 32.1. The smallest absolute Gasteiger partial charge is 0.262 e. The lowest BCUT2D eigenvalue weighted by Crippen LogP contribution is -2.35. The normalized spacial score (nSPS) is 12.9. The van der Waals surface area contributed by atoms with Crippen LogP contribution in [0.15, 0.2) is 47.8 Å². The molecule has 0 saturated carbocycles. The van der Waals surface area contributed by atoms with E-state index in [0.29, 0.717) is 30.1 Å². The third-order valence-corrected chi connectivity index (χ3v) is 6.66. The van der Waals surface area contributed by atoms with Crippen molar-refractivity contribution in [2.24, 2.45) is 0 Å². The van der Waals surface area contributed by atoms with Gasteiger partial charge < -0.3 is 15.0 Å². The fraction of sp³-hybridized carbons (Fsp3) is 0.280. The van der Waals surface area contributed by atoms with Crippen molar-refractivity contribution >= 4 is 28.8 Å². The first-order valence-electron chi connectivity index (χ1n) is 10.4. The second kappa shape index (κ2) is 8.94. The van der Waals surface area contributed by atoms with Crippen LogP contribution < -0.4 is 10.1 Å². The van der Waals surface area contributed by atoms with E-state index in [1.54, 1.807) is 17.4 Å². The zero-order valence-corrected chi connectivity index (χ0v) is 18.8. The van der Waals surface area contributed by atoms with E-state index in [1.165, 1.54) is 10.4 Å². The van der Waals surface area contributed by atoms with Gasteiger partial charge >= 0.3 is 0 Å². The van der Waals surface area contributed by atoms with Crippen LogP contribution in [0.25, 0.3) is 0 Å². The van der Waals surface area contributed by atoms with Gasteiger partial charge in [0.1, 0.15) is 5.75 Å². The molecule has 1 aliphatic rings. The fourth-order valence-corrected chi connectivity index (χ4v) is 4.68. The standard InChI is InChI=1S/C25H26N2O3S/c1-16-7-8-17(2)22(13-16)30-15-24(28)26-21-6-4-5-20(18(21)3)25(29)27-11-9-23-19(14-27)10-12-31-23/h4-8,10,12-13H,9,11,14-15H2,1-3H3,(H,26,28). The number of ether oxygens (including phenoxy) is 1. The van der Waals surface area contributed by atoms with Gasteiger partial charge in [-0.2, -0.15) is 0 Å². The van der Waals surface area contributed by atoms with Crippen molar-refractivity contribution in [3.63, 3.8) is 0 Å². The van der Waals surface area contributed by atoms with Gasteiger partial charge in [0.15, 0.2) is 6.61 Å². The molecule has 4 rings (SSSR count). The monoisotopic (exact) mass is 434 g/mol. The number of aryl methyl sites for hydroxylation is 2. The molecule has 1 N–H and O–H groups in total. The number of nitrogens with zero attached hydrogens (tertiary/aromatic N) is 1. The van der Waals surface area contributed by atoms with Crippen molar-refractivity contribution in [2.45, 2.75) is 33.7 Å². The van der Waals surface area contributed by atoms with Gasteiger partial charge in [0, 0.05) is 29.2 Å². The molecule has 6 heteroatoms. The largest absolute Gasteiger partial charge is 0.483 e. The number of rotatable bonds is 5. The fourth-order valence-electron chi connectivity index (χ4n) is 3.79. The molecule has 1 aromatic heterocycles. The zero-order valence-electron chi connectivity index (χ0n) is 18.0. The number of amides is 2. The summed E-state index contributed by atoms with van der Waals surface area (Å²) in [5.41, 5.74) is 5.31. The summed E-state index contributed by atoms with van der Waals surface area (Å²) in [4.78, 5) is 28.9. The molecule has 0 aliphatic carbocycles. The highest BCUT2D eigenvalue weighted by Gasteiger charge is 2.24. The topological polar surface area (TPSA) is 58.6 Å². The van der Waals surface area contributed by atoms with Crippen molar-refractivity contribution in [1.82, 2.24) is 4.90 Å². The van der Waals surface area contributed by atoms with Gasteiger partial charge in [0.2, 0.25) is 0 Å². The number of nitrogens with one attached hydrogen (secondary N) is 1. The first kappa shape index (κ1) is 21.1. The second-order valence-electron chi connectivity index (χ2n) is 7.93. The molecule has 0 spiro atoms. The quantitative estimate of drug-likeness (QED) is 0.622. The van der Waals surface area contributed by atoms with E-state index in [2.05, 4.69) is 16.8 Å². The SMILES string of the molecule is Cc1ccc(C)c(OCC(=O)Nc2cccc(C(=O)N3CCc4sccc4C3)c2C)c1. The summed E-state index contributed by atoms with van der Waals surface area (Å²) in [6.45, 7) is 7.07. The summed E-state index contributed by atoms with van der Waals surface area (Å²) >= 11 is 1.75. The lowest BCUT2D eigenvalue weighted by atomic mass is 10.0. The first-order valence-corrected chi connectivity index (χ1v) is 11.2. The summed E-state index contributed by atoms with van der Waals surface area (Å²) in [5, 5.41) is 4.97. The summed E-state index contributed by atoms with van der Waals surface area (Å²) in [6.07, 6.45) is 0.893. The average Bonchev–Trinajstić information content (AvgIpc) is 3.23. The zero-order chi connectivity index (χ0) is 22.0. The number of thiophene rings is 1. The highest BCUT2D eigenvalue weighted by molar-refractivity contribution is 7.10. The predicted molar refractivity (Wildman–Crippen MR) is 124 cm³/mol. The van der Waals surface area contributed by atoms with Crippen LogP contribution in [0.1, 0.15) is 37.5 Å². The Balaban J connectivity index is 1.43. The molecule has 2 heterocycles. The third kappa shape index (κ3) is 4.64. The Morgan fingerprint density at radius 1 is 1.13 bits per heavy atom. The molecule has 0 atom stereocenters. The minimum atomic E-state index is -0.255. The second-order valence-corrected chi connectivity index (χ2v) is 8.93. The minimum Gasteiger partial charge on any atom is -0.483 e. The van der Waals surface area contributed by atoms with Crippen LogP contribution in [0.2, 0.25) is 0 Å². The van der Waals surface area contributed by atoms with Crippen LogP contribution in [0.5, 0.6) is 5.75 Å². The average molecular weight is 435 g/mol. The van der Waals surface area contributed by atoms with Crippen LogP contribution in [-0.2, 0) is 17.8 Å². The molecule has 0 saturated heterocycles. The van der Waals surface area contributed by atoms with Crippen LogP contribution in [0.4, 0.5) is 5.69 Å². The molecular formula is C25H26N2O3S. The Kier molecular flexibility index (Phi) is 6.09. The Labute approximate surface area is 186 Å². The van der Waals surface area contributed by atoms with E-state index in [1.807, 2.05) is 56.0 Å². The van der Waals surface area contributed by atoms with E-state index in [0.717, 1.165) is 23.1 Å². The molecule has 160 valence electrons. The molecule has 5 nitrogen and oxygen atoms in total. The summed E-state index contributed by atoms with van der Waals surface area (Å²) in [7, 11) is 0. The molecular weight excluding hydrogens is 408 g/mol. The number of hydrogen-bond acceptors (Lipinski definition) is 4. The molecule has 31 heavy (non-hydrogen) atoms. The van der Waals surface area contributed by atoms with Gasteiger partial charge in [0.25, 0.3) is 11.8 Å². The number of hydrogen-bond donors (Lipinski definition) is 1. The van der Waals surface area contributed by atoms with Crippen LogP contribution >= 0.6 is 11.3 Å². The van der Waals surface area contributed by atoms with Gasteiger partial charge in [0.05, 0.1) is 0 Å². The molecule has 0 unspecified atom stereocenters. The van der Waals surface area contributed by atoms with Crippen molar-refractivity contribution in [3.05, 3.63) is 80.5 Å². The molecule has 0 radical (unpaired) electrons. The van der Waals surface area contributed by atoms with E-state index in [-0.39, 0.29) is 18.4 Å². The maximum atomic E-state index is 13.2. The summed E-state index contributed by atoms with van der Waals surface area (Å²) < 4.78 is 5.70. The van der Waals surface area contributed by atoms with Gasteiger partial charge in [-0.3, -0.25) is 9.59 Å². The molecule has 2 aromatic carbocycles. The maximum Gasteiger partial charge on any atom is 0.262 e. The Bertz CT molecular complexity index is 1140. The maximum absolute atomic E-state index is 13.2. The lowest BCUT2D eigenvalue weighted by molar-refractivity contribution is -0.118. The molecule has 0 fully saturated rings. The van der Waals surface area contributed by atoms with Gasteiger partial charge in [-0.1, -0.05) is 18.2 Å². The molecule has 3 aromatic rings. The minimum absolute atomic E-state index is 0.00270. The van der Waals surface area contributed by atoms with E-state index in [4.69, 9.17) is 4.74 Å². The van der Waals surface area contributed by atoms with Crippen molar-refractivity contribution in [3.8, 4) is 5.75 Å². The van der Waals surface area contributed by atoms with Gasteiger partial charge in [-0.25, -0.2) is 0 Å². The van der Waals surface area contributed by atoms with Crippen molar-refractivity contribution in [2.75, 3.05) is 18.5 Å². The van der Waals surface area contributed by atoms with Crippen LogP contribution in [-0.4, -0.2) is 29.9 Å². The summed E-state index contributed by atoms with van der Waals surface area (Å²) in [5.74, 6) is 0.445. The van der Waals surface area contributed by atoms with E-state index in [9.17, 15) is 9.59 Å². The van der Waals surface area contributed by atoms with Crippen molar-refractivity contribution < 1.29 is 14.3 Å². The Morgan fingerprint density at radius 2 is 1.97 bits per heavy atom. The number of fused-ring (bicyclic) bond motifs is 1. The Hall–Kier alpha value is -3.12. The third-order valence-electron chi connectivity index (χ3n) is 5.64. The highest BCUT2D eigenvalue weighted by Crippen LogP contribution is 2.27. The van der Waals surface area contributed by atoms with Crippen LogP contribution in [0.3, 0.4) is 0 Å². The number of anilines is 1. The predicted octanol–water partition coefficient (Wildman–Crippen LogP) is 4.89. The van der Waals surface area contributed by atoms with E-state index < -0.39 is 0 Å². The van der Waals surface area contributed by atoms with Gasteiger partial charge in [-0.05, 0) is 79.1 Å². The molecule has 0 bridgehead atoms. The first-order chi connectivity index (χ1) is 14.9. The molecule has 2 amide bonds. The Morgan fingerprint density at radius 3 is 2.81 bits per heavy atom. The number of carbonyl (C=O) groups excluding carboxylic acids is 2.